The molecule has 0 radical (unpaired) electrons. The highest BCUT2D eigenvalue weighted by molar-refractivity contribution is 7.26. The van der Waals surface area contributed by atoms with Crippen molar-refractivity contribution in [2.75, 3.05) is 0 Å². The highest BCUT2D eigenvalue weighted by Crippen LogP contribution is 2.39. The molecule has 0 amide bonds. The van der Waals surface area contributed by atoms with Gasteiger partial charge in [-0.15, -0.1) is 11.3 Å². The van der Waals surface area contributed by atoms with E-state index in [0.29, 0.717) is 17.5 Å². The monoisotopic (exact) mass is 617 g/mol. The summed E-state index contributed by atoms with van der Waals surface area (Å²) in [6.45, 7) is 0. The second kappa shape index (κ2) is 11.4. The van der Waals surface area contributed by atoms with Gasteiger partial charge in [-0.25, -0.2) is 15.0 Å². The SMILES string of the molecule is c1ccc(-c2ccc(-c3ccc4ccc(-c5nc(-c6ccccc6)nc(-c6cccc7c6sc6ccccc67)n5)cc4c3)cc2)cc1. The van der Waals surface area contributed by atoms with Gasteiger partial charge in [0.15, 0.2) is 17.5 Å². The lowest BCUT2D eigenvalue weighted by molar-refractivity contribution is 1.08. The highest BCUT2D eigenvalue weighted by Gasteiger charge is 2.17. The molecule has 9 rings (SSSR count). The topological polar surface area (TPSA) is 38.7 Å². The summed E-state index contributed by atoms with van der Waals surface area (Å²) in [7, 11) is 0. The zero-order chi connectivity index (χ0) is 31.2. The third kappa shape index (κ3) is 5.05. The largest absolute Gasteiger partial charge is 0.208 e. The molecule has 7 aromatic carbocycles. The molecule has 47 heavy (non-hydrogen) atoms. The number of rotatable bonds is 5. The summed E-state index contributed by atoms with van der Waals surface area (Å²) >= 11 is 1.79. The van der Waals surface area contributed by atoms with Gasteiger partial charge < -0.3 is 0 Å². The molecule has 2 heterocycles. The van der Waals surface area contributed by atoms with Gasteiger partial charge in [0.25, 0.3) is 0 Å². The Kier molecular flexibility index (Phi) is 6.65. The van der Waals surface area contributed by atoms with Crippen molar-refractivity contribution in [3.05, 3.63) is 164 Å². The van der Waals surface area contributed by atoms with Crippen molar-refractivity contribution in [1.82, 2.24) is 15.0 Å². The number of hydrogen-bond acceptors (Lipinski definition) is 4. The number of benzene rings is 7. The van der Waals surface area contributed by atoms with E-state index in [-0.39, 0.29) is 0 Å². The fourth-order valence-corrected chi connectivity index (χ4v) is 7.53. The Morgan fingerprint density at radius 1 is 0.340 bits per heavy atom. The van der Waals surface area contributed by atoms with Gasteiger partial charge in [-0.1, -0.05) is 140 Å². The molecule has 2 aromatic heterocycles. The molecule has 0 atom stereocenters. The van der Waals surface area contributed by atoms with E-state index in [2.05, 4.69) is 140 Å². The first kappa shape index (κ1) is 27.3. The van der Waals surface area contributed by atoms with E-state index in [1.807, 2.05) is 24.3 Å². The Morgan fingerprint density at radius 2 is 0.872 bits per heavy atom. The summed E-state index contributed by atoms with van der Waals surface area (Å²) in [6, 6.07) is 57.5. The number of fused-ring (bicyclic) bond motifs is 4. The molecule has 0 N–H and O–H groups in total. The van der Waals surface area contributed by atoms with Crippen LogP contribution in [0.2, 0.25) is 0 Å². The maximum Gasteiger partial charge on any atom is 0.165 e. The molecule has 9 aromatic rings. The van der Waals surface area contributed by atoms with Crippen molar-refractivity contribution < 1.29 is 0 Å². The van der Waals surface area contributed by atoms with Gasteiger partial charge in [0.1, 0.15) is 0 Å². The van der Waals surface area contributed by atoms with Crippen molar-refractivity contribution in [1.29, 1.82) is 0 Å². The molecule has 0 saturated heterocycles. The zero-order valence-corrected chi connectivity index (χ0v) is 26.2. The van der Waals surface area contributed by atoms with Gasteiger partial charge in [0, 0.05) is 36.9 Å². The van der Waals surface area contributed by atoms with Crippen LogP contribution >= 0.6 is 11.3 Å². The summed E-state index contributed by atoms with van der Waals surface area (Å²) < 4.78 is 2.44. The third-order valence-electron chi connectivity index (χ3n) is 8.74. The second-order valence-corrected chi connectivity index (χ2v) is 12.7. The molecular weight excluding hydrogens is 591 g/mol. The quantitative estimate of drug-likeness (QED) is 0.193. The summed E-state index contributed by atoms with van der Waals surface area (Å²) in [5.74, 6) is 2.00. The Balaban J connectivity index is 1.16. The summed E-state index contributed by atoms with van der Waals surface area (Å²) in [6.07, 6.45) is 0. The van der Waals surface area contributed by atoms with Crippen LogP contribution in [0.3, 0.4) is 0 Å². The molecule has 0 spiro atoms. The molecule has 0 fully saturated rings. The van der Waals surface area contributed by atoms with Gasteiger partial charge in [-0.3, -0.25) is 0 Å². The van der Waals surface area contributed by atoms with Crippen LogP contribution in [0.15, 0.2) is 164 Å². The first-order valence-electron chi connectivity index (χ1n) is 15.7. The normalized spacial score (nSPS) is 11.4. The van der Waals surface area contributed by atoms with E-state index >= 15 is 0 Å². The molecular formula is C43H27N3S. The standard InChI is InChI=1S/C43H27N3S/c1-3-10-28(11-4-1)29-18-20-30(21-19-29)33-24-22-31-23-25-34(27-35(31)26-33)42-44-41(32-12-5-2-6-13-32)45-43(46-42)38-16-9-15-37-36-14-7-8-17-39(36)47-40(37)38/h1-27H. The van der Waals surface area contributed by atoms with Crippen molar-refractivity contribution in [2.24, 2.45) is 0 Å². The molecule has 0 saturated carbocycles. The molecule has 0 bridgehead atoms. The number of nitrogens with zero attached hydrogens (tertiary/aromatic N) is 3. The number of aromatic nitrogens is 3. The van der Waals surface area contributed by atoms with E-state index < -0.39 is 0 Å². The highest BCUT2D eigenvalue weighted by atomic mass is 32.1. The smallest absolute Gasteiger partial charge is 0.165 e. The lowest BCUT2D eigenvalue weighted by Crippen LogP contribution is -2.00. The Hall–Kier alpha value is -5.97. The van der Waals surface area contributed by atoms with Gasteiger partial charge in [-0.2, -0.15) is 0 Å². The first-order valence-corrected chi connectivity index (χ1v) is 16.5. The Labute approximate surface area is 276 Å². The maximum atomic E-state index is 5.13. The molecule has 0 aliphatic heterocycles. The van der Waals surface area contributed by atoms with Crippen LogP contribution in [-0.2, 0) is 0 Å². The van der Waals surface area contributed by atoms with Crippen molar-refractivity contribution in [2.45, 2.75) is 0 Å². The van der Waals surface area contributed by atoms with Crippen molar-refractivity contribution >= 4 is 42.3 Å². The van der Waals surface area contributed by atoms with E-state index in [4.69, 9.17) is 15.0 Å². The maximum absolute atomic E-state index is 5.13. The molecule has 0 unspecified atom stereocenters. The van der Waals surface area contributed by atoms with Gasteiger partial charge >= 0.3 is 0 Å². The predicted octanol–water partition coefficient (Wildman–Crippen LogP) is 11.7. The van der Waals surface area contributed by atoms with Crippen LogP contribution in [0.1, 0.15) is 0 Å². The minimum atomic E-state index is 0.659. The van der Waals surface area contributed by atoms with Gasteiger partial charge in [0.2, 0.25) is 0 Å². The van der Waals surface area contributed by atoms with Gasteiger partial charge in [0.05, 0.1) is 0 Å². The number of thiophene rings is 1. The summed E-state index contributed by atoms with van der Waals surface area (Å²) in [5, 5.41) is 4.79. The Bertz CT molecular complexity index is 2550. The molecule has 0 aliphatic rings. The average Bonchev–Trinajstić information content (AvgIpc) is 3.54. The minimum absolute atomic E-state index is 0.659. The lowest BCUT2D eigenvalue weighted by atomic mass is 9.97. The molecule has 220 valence electrons. The van der Waals surface area contributed by atoms with Gasteiger partial charge in [-0.05, 0) is 57.3 Å². The zero-order valence-electron chi connectivity index (χ0n) is 25.3. The molecule has 3 nitrogen and oxygen atoms in total. The summed E-state index contributed by atoms with van der Waals surface area (Å²) in [4.78, 5) is 15.2. The Morgan fingerprint density at radius 3 is 1.64 bits per heavy atom. The van der Waals surface area contributed by atoms with Crippen molar-refractivity contribution in [3.63, 3.8) is 0 Å². The van der Waals surface area contributed by atoms with Crippen LogP contribution in [0.25, 0.3) is 87.4 Å². The predicted molar refractivity (Wildman–Crippen MR) is 197 cm³/mol. The van der Waals surface area contributed by atoms with E-state index in [0.717, 1.165) is 22.1 Å². The van der Waals surface area contributed by atoms with Crippen LogP contribution < -0.4 is 0 Å². The van der Waals surface area contributed by atoms with E-state index in [1.165, 1.54) is 47.8 Å². The average molecular weight is 618 g/mol. The fourth-order valence-electron chi connectivity index (χ4n) is 6.32. The number of hydrogen-bond donors (Lipinski definition) is 0. The third-order valence-corrected chi connectivity index (χ3v) is 9.96. The van der Waals surface area contributed by atoms with Crippen LogP contribution in [-0.4, -0.2) is 15.0 Å². The van der Waals surface area contributed by atoms with Crippen molar-refractivity contribution in [3.8, 4) is 56.4 Å². The van der Waals surface area contributed by atoms with E-state index in [9.17, 15) is 0 Å². The first-order chi connectivity index (χ1) is 23.3. The minimum Gasteiger partial charge on any atom is -0.208 e. The second-order valence-electron chi connectivity index (χ2n) is 11.7. The van der Waals surface area contributed by atoms with Crippen LogP contribution in [0, 0.1) is 0 Å². The molecule has 4 heteroatoms. The van der Waals surface area contributed by atoms with Crippen LogP contribution in [0.5, 0.6) is 0 Å². The fraction of sp³-hybridized carbons (Fsp3) is 0. The summed E-state index contributed by atoms with van der Waals surface area (Å²) in [5.41, 5.74) is 7.73. The van der Waals surface area contributed by atoms with Crippen LogP contribution in [0.4, 0.5) is 0 Å². The van der Waals surface area contributed by atoms with E-state index in [1.54, 1.807) is 11.3 Å². The lowest BCUT2D eigenvalue weighted by Gasteiger charge is -2.10. The molecule has 0 aliphatic carbocycles.